The van der Waals surface area contributed by atoms with Gasteiger partial charge in [0.1, 0.15) is 17.3 Å². The SMILES string of the molecule is COc1ccc(Nc2ccnc(Nc3ccc(F)c(F)c3F)n2)c(OC)c1. The zero-order valence-corrected chi connectivity index (χ0v) is 14.4. The highest BCUT2D eigenvalue weighted by atomic mass is 19.2. The monoisotopic (exact) mass is 376 g/mol. The van der Waals surface area contributed by atoms with Crippen LogP contribution in [0.3, 0.4) is 0 Å². The molecule has 3 aromatic rings. The Labute approximate surface area is 153 Å². The third-order valence-corrected chi connectivity index (χ3v) is 3.61. The van der Waals surface area contributed by atoms with Crippen LogP contribution < -0.4 is 20.1 Å². The van der Waals surface area contributed by atoms with Gasteiger partial charge in [-0.15, -0.1) is 0 Å². The number of anilines is 4. The second-order valence-electron chi connectivity index (χ2n) is 5.30. The first kappa shape index (κ1) is 18.3. The Bertz CT molecular complexity index is 969. The zero-order valence-electron chi connectivity index (χ0n) is 14.4. The lowest BCUT2D eigenvalue weighted by molar-refractivity contribution is 0.395. The Morgan fingerprint density at radius 2 is 1.63 bits per heavy atom. The molecule has 0 atom stereocenters. The van der Waals surface area contributed by atoms with Gasteiger partial charge in [0, 0.05) is 12.3 Å². The molecule has 0 saturated heterocycles. The van der Waals surface area contributed by atoms with E-state index in [1.807, 2.05) is 0 Å². The highest BCUT2D eigenvalue weighted by Crippen LogP contribution is 2.31. The molecule has 3 rings (SSSR count). The molecule has 9 heteroatoms. The average molecular weight is 376 g/mol. The number of methoxy groups -OCH3 is 2. The molecule has 0 amide bonds. The lowest BCUT2D eigenvalue weighted by Gasteiger charge is -2.13. The van der Waals surface area contributed by atoms with E-state index in [0.717, 1.165) is 12.1 Å². The van der Waals surface area contributed by atoms with Crippen molar-refractivity contribution in [3.05, 3.63) is 60.0 Å². The topological polar surface area (TPSA) is 68.3 Å². The Kier molecular flexibility index (Phi) is 5.30. The van der Waals surface area contributed by atoms with E-state index >= 15 is 0 Å². The third-order valence-electron chi connectivity index (χ3n) is 3.61. The molecule has 0 bridgehead atoms. The Hall–Kier alpha value is -3.49. The van der Waals surface area contributed by atoms with Crippen LogP contribution in [0.4, 0.5) is 36.3 Å². The van der Waals surface area contributed by atoms with Gasteiger partial charge >= 0.3 is 0 Å². The highest BCUT2D eigenvalue weighted by Gasteiger charge is 2.14. The number of benzene rings is 2. The fraction of sp³-hybridized carbons (Fsp3) is 0.111. The van der Waals surface area contributed by atoms with Crippen LogP contribution in [-0.4, -0.2) is 24.2 Å². The van der Waals surface area contributed by atoms with Gasteiger partial charge in [-0.25, -0.2) is 18.2 Å². The van der Waals surface area contributed by atoms with Gasteiger partial charge in [-0.3, -0.25) is 0 Å². The van der Waals surface area contributed by atoms with Crippen LogP contribution in [0.5, 0.6) is 11.5 Å². The van der Waals surface area contributed by atoms with E-state index < -0.39 is 17.5 Å². The molecule has 0 aliphatic heterocycles. The number of rotatable bonds is 6. The maximum absolute atomic E-state index is 13.8. The van der Waals surface area contributed by atoms with Crippen LogP contribution in [0.2, 0.25) is 0 Å². The number of aromatic nitrogens is 2. The largest absolute Gasteiger partial charge is 0.497 e. The van der Waals surface area contributed by atoms with Crippen LogP contribution in [0, 0.1) is 17.5 Å². The lowest BCUT2D eigenvalue weighted by atomic mass is 10.2. The van der Waals surface area contributed by atoms with Crippen molar-refractivity contribution >= 4 is 23.1 Å². The first-order valence-corrected chi connectivity index (χ1v) is 7.74. The maximum atomic E-state index is 13.8. The average Bonchev–Trinajstić information content (AvgIpc) is 2.69. The van der Waals surface area contributed by atoms with Crippen molar-refractivity contribution in [1.29, 1.82) is 0 Å². The number of nitrogens with one attached hydrogen (secondary N) is 2. The van der Waals surface area contributed by atoms with E-state index in [4.69, 9.17) is 9.47 Å². The molecule has 6 nitrogen and oxygen atoms in total. The van der Waals surface area contributed by atoms with E-state index in [-0.39, 0.29) is 11.6 Å². The van der Waals surface area contributed by atoms with Crippen molar-refractivity contribution in [2.24, 2.45) is 0 Å². The molecule has 0 radical (unpaired) electrons. The van der Waals surface area contributed by atoms with Crippen LogP contribution in [-0.2, 0) is 0 Å². The van der Waals surface area contributed by atoms with Gasteiger partial charge in [-0.05, 0) is 30.3 Å². The Morgan fingerprint density at radius 1 is 0.852 bits per heavy atom. The second kappa shape index (κ2) is 7.81. The van der Waals surface area contributed by atoms with E-state index in [9.17, 15) is 13.2 Å². The molecule has 1 heterocycles. The molecular formula is C18H15F3N4O2. The molecule has 0 spiro atoms. The first-order chi connectivity index (χ1) is 13.0. The molecule has 0 aliphatic rings. The summed E-state index contributed by atoms with van der Waals surface area (Å²) < 4.78 is 50.6. The number of ether oxygens (including phenoxy) is 2. The molecule has 140 valence electrons. The lowest BCUT2D eigenvalue weighted by Crippen LogP contribution is -2.04. The van der Waals surface area contributed by atoms with E-state index in [1.54, 1.807) is 31.4 Å². The van der Waals surface area contributed by atoms with Gasteiger partial charge in [0.05, 0.1) is 25.6 Å². The highest BCUT2D eigenvalue weighted by molar-refractivity contribution is 5.66. The minimum absolute atomic E-state index is 0.00242. The minimum atomic E-state index is -1.57. The number of nitrogens with zero attached hydrogens (tertiary/aromatic N) is 2. The molecule has 2 aromatic carbocycles. The van der Waals surface area contributed by atoms with Crippen LogP contribution in [0.25, 0.3) is 0 Å². The van der Waals surface area contributed by atoms with Crippen molar-refractivity contribution in [3.63, 3.8) is 0 Å². The third kappa shape index (κ3) is 4.02. The van der Waals surface area contributed by atoms with E-state index in [2.05, 4.69) is 20.6 Å². The Balaban J connectivity index is 1.83. The standard InChI is InChI=1S/C18H15F3N4O2/c1-26-10-3-5-12(14(9-10)27-2)23-15-7-8-22-18(25-15)24-13-6-4-11(19)16(20)17(13)21/h3-9H,1-2H3,(H2,22,23,24,25). The summed E-state index contributed by atoms with van der Waals surface area (Å²) in [7, 11) is 3.06. The summed E-state index contributed by atoms with van der Waals surface area (Å²) in [4.78, 5) is 8.11. The molecule has 27 heavy (non-hydrogen) atoms. The second-order valence-corrected chi connectivity index (χ2v) is 5.30. The normalized spacial score (nSPS) is 10.4. The maximum Gasteiger partial charge on any atom is 0.229 e. The van der Waals surface area contributed by atoms with Crippen molar-refractivity contribution in [1.82, 2.24) is 9.97 Å². The fourth-order valence-corrected chi connectivity index (χ4v) is 2.27. The summed E-state index contributed by atoms with van der Waals surface area (Å²) in [6, 6.07) is 8.62. The van der Waals surface area contributed by atoms with Crippen LogP contribution >= 0.6 is 0 Å². The quantitative estimate of drug-likeness (QED) is 0.622. The number of hydrogen-bond donors (Lipinski definition) is 2. The smallest absolute Gasteiger partial charge is 0.229 e. The van der Waals surface area contributed by atoms with Gasteiger partial charge in [0.2, 0.25) is 5.95 Å². The summed E-state index contributed by atoms with van der Waals surface area (Å²) in [5, 5.41) is 5.55. The van der Waals surface area contributed by atoms with Crippen molar-refractivity contribution in [2.75, 3.05) is 24.9 Å². The van der Waals surface area contributed by atoms with Gasteiger partial charge in [0.25, 0.3) is 0 Å². The molecular weight excluding hydrogens is 361 g/mol. The zero-order chi connectivity index (χ0) is 19.4. The molecule has 2 N–H and O–H groups in total. The molecule has 0 aliphatic carbocycles. The summed E-state index contributed by atoms with van der Waals surface area (Å²) in [5.74, 6) is -2.69. The number of hydrogen-bond acceptors (Lipinski definition) is 6. The summed E-state index contributed by atoms with van der Waals surface area (Å²) in [6.45, 7) is 0. The van der Waals surface area contributed by atoms with E-state index in [1.165, 1.54) is 13.3 Å². The predicted molar refractivity (Wildman–Crippen MR) is 94.5 cm³/mol. The van der Waals surface area contributed by atoms with Gasteiger partial charge < -0.3 is 20.1 Å². The van der Waals surface area contributed by atoms with Crippen molar-refractivity contribution < 1.29 is 22.6 Å². The summed E-state index contributed by atoms with van der Waals surface area (Å²) in [6.07, 6.45) is 1.42. The summed E-state index contributed by atoms with van der Waals surface area (Å²) in [5.41, 5.74) is 0.329. The van der Waals surface area contributed by atoms with Crippen LogP contribution in [0.15, 0.2) is 42.6 Å². The fourth-order valence-electron chi connectivity index (χ4n) is 2.27. The molecule has 0 saturated carbocycles. The minimum Gasteiger partial charge on any atom is -0.497 e. The van der Waals surface area contributed by atoms with Crippen molar-refractivity contribution in [2.45, 2.75) is 0 Å². The van der Waals surface area contributed by atoms with Crippen LogP contribution in [0.1, 0.15) is 0 Å². The number of halogens is 3. The summed E-state index contributed by atoms with van der Waals surface area (Å²) >= 11 is 0. The van der Waals surface area contributed by atoms with Gasteiger partial charge in [-0.1, -0.05) is 0 Å². The molecule has 0 fully saturated rings. The molecule has 1 aromatic heterocycles. The van der Waals surface area contributed by atoms with Gasteiger partial charge in [0.15, 0.2) is 17.5 Å². The van der Waals surface area contributed by atoms with E-state index in [0.29, 0.717) is 23.0 Å². The predicted octanol–water partition coefficient (Wildman–Crippen LogP) is 4.40. The van der Waals surface area contributed by atoms with Crippen molar-refractivity contribution in [3.8, 4) is 11.5 Å². The van der Waals surface area contributed by atoms with Gasteiger partial charge in [-0.2, -0.15) is 4.98 Å². The Morgan fingerprint density at radius 3 is 2.37 bits per heavy atom. The first-order valence-electron chi connectivity index (χ1n) is 7.74. The molecule has 0 unspecified atom stereocenters.